The minimum absolute atomic E-state index is 1.15. The van der Waals surface area contributed by atoms with E-state index in [1.807, 2.05) is 23.5 Å². The molecule has 0 saturated heterocycles. The number of halogens is 1. The van der Waals surface area contributed by atoms with E-state index in [0.717, 1.165) is 4.47 Å². The molecule has 0 N–H and O–H groups in total. The van der Waals surface area contributed by atoms with Crippen LogP contribution in [0, 0.1) is 0 Å². The van der Waals surface area contributed by atoms with E-state index >= 15 is 0 Å². The Morgan fingerprint density at radius 1 is 0.500 bits per heavy atom. The number of fused-ring (bicyclic) bond motifs is 7. The molecule has 0 bridgehead atoms. The van der Waals surface area contributed by atoms with Gasteiger partial charge in [0, 0.05) is 40.5 Å². The van der Waals surface area contributed by atoms with Crippen molar-refractivity contribution < 1.29 is 0 Å². The molecule has 1 aromatic heterocycles. The summed E-state index contributed by atoms with van der Waals surface area (Å²) in [6, 6.07) is 44.0. The van der Waals surface area contributed by atoms with Crippen LogP contribution in [-0.4, -0.2) is 4.57 Å². The molecular weight excluding hydrogens is 566 g/mol. The van der Waals surface area contributed by atoms with Gasteiger partial charge >= 0.3 is 0 Å². The summed E-state index contributed by atoms with van der Waals surface area (Å²) in [7, 11) is 0. The van der Waals surface area contributed by atoms with Crippen LogP contribution in [0.5, 0.6) is 0 Å². The molecule has 0 radical (unpaired) electrons. The molecule has 180 valence electrons. The average Bonchev–Trinajstić information content (AvgIpc) is 3.31. The summed E-state index contributed by atoms with van der Waals surface area (Å²) in [5.41, 5.74) is 6.20. The number of hydrogen-bond donors (Lipinski definition) is 0. The molecule has 0 spiro atoms. The third-order valence-electron chi connectivity index (χ3n) is 7.32. The van der Waals surface area contributed by atoms with E-state index in [-0.39, 0.29) is 0 Å². The van der Waals surface area contributed by atoms with Gasteiger partial charge in [-0.3, -0.25) is 0 Å². The van der Waals surface area contributed by atoms with Crippen LogP contribution in [0.4, 0.5) is 0 Å². The van der Waals surface area contributed by atoms with Crippen LogP contribution in [-0.2, 0) is 0 Å². The predicted octanol–water partition coefficient (Wildman–Crippen LogP) is 11.0. The van der Waals surface area contributed by atoms with Crippen LogP contribution >= 0.6 is 39.5 Å². The van der Waals surface area contributed by atoms with E-state index in [1.165, 1.54) is 69.0 Å². The van der Waals surface area contributed by atoms with Gasteiger partial charge in [0.05, 0.1) is 11.0 Å². The Morgan fingerprint density at radius 3 is 2.03 bits per heavy atom. The summed E-state index contributed by atoms with van der Waals surface area (Å²) in [5, 5.41) is 5.17. The van der Waals surface area contributed by atoms with E-state index in [9.17, 15) is 0 Å². The van der Waals surface area contributed by atoms with Crippen LogP contribution < -0.4 is 0 Å². The van der Waals surface area contributed by atoms with Gasteiger partial charge in [0.25, 0.3) is 0 Å². The Morgan fingerprint density at radius 2 is 1.18 bits per heavy atom. The van der Waals surface area contributed by atoms with E-state index in [4.69, 9.17) is 0 Å². The maximum atomic E-state index is 3.80. The topological polar surface area (TPSA) is 4.93 Å². The second-order valence-electron chi connectivity index (χ2n) is 9.46. The summed E-state index contributed by atoms with van der Waals surface area (Å²) in [6.07, 6.45) is 0. The van der Waals surface area contributed by atoms with Crippen molar-refractivity contribution in [3.8, 4) is 16.8 Å². The lowest BCUT2D eigenvalue weighted by molar-refractivity contribution is 1.14. The van der Waals surface area contributed by atoms with Crippen LogP contribution in [0.25, 0.3) is 49.4 Å². The van der Waals surface area contributed by atoms with Gasteiger partial charge in [0.15, 0.2) is 0 Å². The Hall–Kier alpha value is -3.44. The molecule has 0 amide bonds. The summed E-state index contributed by atoms with van der Waals surface area (Å²) in [4.78, 5) is 5.23. The third-order valence-corrected chi connectivity index (χ3v) is 10.9. The minimum Gasteiger partial charge on any atom is -0.309 e. The fourth-order valence-electron chi connectivity index (χ4n) is 5.71. The van der Waals surface area contributed by atoms with Crippen LogP contribution in [0.2, 0.25) is 0 Å². The van der Waals surface area contributed by atoms with Crippen molar-refractivity contribution in [2.45, 2.75) is 19.6 Å². The van der Waals surface area contributed by atoms with Crippen molar-refractivity contribution in [2.24, 2.45) is 0 Å². The molecule has 7 aromatic rings. The fourth-order valence-corrected chi connectivity index (χ4v) is 8.88. The first kappa shape index (κ1) is 22.5. The Kier molecular flexibility index (Phi) is 5.22. The number of benzene rings is 6. The van der Waals surface area contributed by atoms with Gasteiger partial charge in [-0.1, -0.05) is 102 Å². The first-order valence-electron chi connectivity index (χ1n) is 12.6. The second kappa shape index (κ2) is 8.81. The SMILES string of the molecule is Brc1cccc2c1Sc1c(cccc1-c1cc3c(c4ccccc14)c1ccccc1n3-c1ccccc1)S2. The monoisotopic (exact) mass is 585 g/mol. The molecule has 4 heteroatoms. The summed E-state index contributed by atoms with van der Waals surface area (Å²) in [6.45, 7) is 0. The quantitative estimate of drug-likeness (QED) is 0.199. The fraction of sp³-hybridized carbons (Fsp3) is 0. The predicted molar refractivity (Wildman–Crippen MR) is 166 cm³/mol. The van der Waals surface area contributed by atoms with E-state index in [2.05, 4.69) is 142 Å². The standard InChI is InChI=1S/C34H20BrNS2/c35-27-16-9-19-31-34(27)38-33-24(15-8-18-30(33)37-31)26-20-29-32(23-13-5-4-12-22(23)26)25-14-6-7-17-28(25)36(29)21-10-2-1-3-11-21/h1-20H. The van der Waals surface area contributed by atoms with Gasteiger partial charge in [-0.05, 0) is 80.3 Å². The highest BCUT2D eigenvalue weighted by Gasteiger charge is 2.24. The van der Waals surface area contributed by atoms with Gasteiger partial charge in [-0.25, -0.2) is 0 Å². The first-order chi connectivity index (χ1) is 18.8. The highest BCUT2D eigenvalue weighted by atomic mass is 79.9. The summed E-state index contributed by atoms with van der Waals surface area (Å²) >= 11 is 7.54. The van der Waals surface area contributed by atoms with Crippen molar-refractivity contribution >= 4 is 72.0 Å². The zero-order valence-electron chi connectivity index (χ0n) is 20.2. The second-order valence-corrected chi connectivity index (χ2v) is 12.4. The molecule has 8 rings (SSSR count). The number of hydrogen-bond acceptors (Lipinski definition) is 2. The molecule has 1 aliphatic rings. The maximum Gasteiger partial charge on any atom is 0.0553 e. The lowest BCUT2D eigenvalue weighted by atomic mass is 9.94. The highest BCUT2D eigenvalue weighted by molar-refractivity contribution is 9.10. The zero-order chi connectivity index (χ0) is 25.2. The van der Waals surface area contributed by atoms with Gasteiger partial charge in [0.2, 0.25) is 0 Å². The molecule has 6 aromatic carbocycles. The Bertz CT molecular complexity index is 2040. The van der Waals surface area contributed by atoms with Crippen LogP contribution in [0.3, 0.4) is 0 Å². The van der Waals surface area contributed by atoms with Crippen LogP contribution in [0.1, 0.15) is 0 Å². The van der Waals surface area contributed by atoms with E-state index in [1.54, 1.807) is 0 Å². The summed E-state index contributed by atoms with van der Waals surface area (Å²) in [5.74, 6) is 0. The van der Waals surface area contributed by atoms with Gasteiger partial charge < -0.3 is 4.57 Å². The first-order valence-corrected chi connectivity index (χ1v) is 15.0. The highest BCUT2D eigenvalue weighted by Crippen LogP contribution is 2.54. The molecule has 0 unspecified atom stereocenters. The number of nitrogens with zero attached hydrogens (tertiary/aromatic N) is 1. The normalized spacial score (nSPS) is 12.7. The van der Waals surface area contributed by atoms with Gasteiger partial charge in [-0.2, -0.15) is 0 Å². The number of para-hydroxylation sites is 2. The molecule has 0 saturated carbocycles. The third kappa shape index (κ3) is 3.34. The molecule has 0 atom stereocenters. The molecule has 1 aliphatic heterocycles. The number of aromatic nitrogens is 1. The maximum absolute atomic E-state index is 3.80. The molecular formula is C34H20BrNS2. The molecule has 2 heterocycles. The molecule has 1 nitrogen and oxygen atoms in total. The van der Waals surface area contributed by atoms with Crippen molar-refractivity contribution in [3.05, 3.63) is 126 Å². The smallest absolute Gasteiger partial charge is 0.0553 e. The lowest BCUT2D eigenvalue weighted by Gasteiger charge is -2.23. The molecule has 0 fully saturated rings. The van der Waals surface area contributed by atoms with Crippen molar-refractivity contribution in [1.82, 2.24) is 4.57 Å². The Balaban J connectivity index is 1.49. The lowest BCUT2D eigenvalue weighted by Crippen LogP contribution is -1.96. The van der Waals surface area contributed by atoms with E-state index in [0.29, 0.717) is 0 Å². The Labute approximate surface area is 237 Å². The van der Waals surface area contributed by atoms with Crippen molar-refractivity contribution in [2.75, 3.05) is 0 Å². The zero-order valence-corrected chi connectivity index (χ0v) is 23.4. The van der Waals surface area contributed by atoms with Crippen LogP contribution in [0.15, 0.2) is 145 Å². The average molecular weight is 587 g/mol. The van der Waals surface area contributed by atoms with Gasteiger partial charge in [-0.15, -0.1) is 0 Å². The summed E-state index contributed by atoms with van der Waals surface area (Å²) < 4.78 is 3.57. The minimum atomic E-state index is 1.15. The van der Waals surface area contributed by atoms with Crippen molar-refractivity contribution in [1.29, 1.82) is 0 Å². The largest absolute Gasteiger partial charge is 0.309 e. The van der Waals surface area contributed by atoms with E-state index < -0.39 is 0 Å². The van der Waals surface area contributed by atoms with Crippen molar-refractivity contribution in [3.63, 3.8) is 0 Å². The van der Waals surface area contributed by atoms with Gasteiger partial charge in [0.1, 0.15) is 0 Å². The number of rotatable bonds is 2. The molecule has 38 heavy (non-hydrogen) atoms. The molecule has 0 aliphatic carbocycles.